The maximum Gasteiger partial charge on any atom is 0.185 e. The lowest BCUT2D eigenvalue weighted by atomic mass is 9.86. The van der Waals surface area contributed by atoms with Crippen LogP contribution in [-0.4, -0.2) is 5.78 Å². The molecule has 78 valence electrons. The van der Waals surface area contributed by atoms with Crippen molar-refractivity contribution in [3.63, 3.8) is 0 Å². The lowest BCUT2D eigenvalue weighted by Crippen LogP contribution is -2.11. The van der Waals surface area contributed by atoms with Crippen molar-refractivity contribution in [2.24, 2.45) is 0 Å². The van der Waals surface area contributed by atoms with Gasteiger partial charge in [0.2, 0.25) is 0 Å². The molecule has 1 aromatic rings. The molecule has 1 heteroatoms. The normalized spacial score (nSPS) is 17.2. The zero-order valence-electron chi connectivity index (χ0n) is 9.34. The van der Waals surface area contributed by atoms with Crippen molar-refractivity contribution in [2.45, 2.75) is 32.1 Å². The van der Waals surface area contributed by atoms with E-state index in [1.54, 1.807) is 0 Å². The first-order valence-corrected chi connectivity index (χ1v) is 5.35. The van der Waals surface area contributed by atoms with Crippen molar-refractivity contribution in [3.05, 3.63) is 47.5 Å². The molecule has 0 amide bonds. The Labute approximate surface area is 90.8 Å². The summed E-state index contributed by atoms with van der Waals surface area (Å²) < 4.78 is 0. The summed E-state index contributed by atoms with van der Waals surface area (Å²) in [6.07, 6.45) is 3.64. The molecule has 1 aliphatic carbocycles. The number of rotatable bonds is 2. The Morgan fingerprint density at radius 3 is 2.87 bits per heavy atom. The Morgan fingerprint density at radius 2 is 2.20 bits per heavy atom. The van der Waals surface area contributed by atoms with Crippen LogP contribution in [0.1, 0.15) is 41.8 Å². The Kier molecular flexibility index (Phi) is 2.26. The van der Waals surface area contributed by atoms with Gasteiger partial charge in [0.25, 0.3) is 0 Å². The van der Waals surface area contributed by atoms with Gasteiger partial charge in [-0.2, -0.15) is 0 Å². The van der Waals surface area contributed by atoms with Gasteiger partial charge >= 0.3 is 0 Å². The number of fused-ring (bicyclic) bond motifs is 1. The second-order valence-corrected chi connectivity index (χ2v) is 4.82. The zero-order chi connectivity index (χ0) is 11.1. The van der Waals surface area contributed by atoms with Crippen LogP contribution < -0.4 is 0 Å². The summed E-state index contributed by atoms with van der Waals surface area (Å²) in [5.41, 5.74) is 3.75. The molecular weight excluding hydrogens is 184 g/mol. The fraction of sp³-hybridized carbons (Fsp3) is 0.357. The van der Waals surface area contributed by atoms with E-state index in [1.165, 1.54) is 23.6 Å². The van der Waals surface area contributed by atoms with Gasteiger partial charge in [-0.05, 0) is 41.5 Å². The third-order valence-corrected chi connectivity index (χ3v) is 3.32. The molecule has 0 aromatic heterocycles. The molecule has 2 rings (SSSR count). The SMILES string of the molecule is C=CC(=O)c1ccc2c(c1)CCC2(C)C. The van der Waals surface area contributed by atoms with E-state index < -0.39 is 0 Å². The van der Waals surface area contributed by atoms with Crippen LogP contribution in [-0.2, 0) is 11.8 Å². The van der Waals surface area contributed by atoms with Crippen LogP contribution in [0.4, 0.5) is 0 Å². The van der Waals surface area contributed by atoms with Crippen LogP contribution in [0.15, 0.2) is 30.9 Å². The fourth-order valence-corrected chi connectivity index (χ4v) is 2.31. The van der Waals surface area contributed by atoms with E-state index in [1.807, 2.05) is 12.1 Å². The van der Waals surface area contributed by atoms with Crippen LogP contribution >= 0.6 is 0 Å². The number of hydrogen-bond acceptors (Lipinski definition) is 1. The molecular formula is C14H16O. The number of hydrogen-bond donors (Lipinski definition) is 0. The second kappa shape index (κ2) is 3.34. The Balaban J connectivity index is 2.46. The smallest absolute Gasteiger partial charge is 0.185 e. The third-order valence-electron chi connectivity index (χ3n) is 3.32. The highest BCUT2D eigenvalue weighted by molar-refractivity contribution is 6.04. The summed E-state index contributed by atoms with van der Waals surface area (Å²) in [5, 5.41) is 0. The van der Waals surface area contributed by atoms with Gasteiger partial charge in [-0.1, -0.05) is 32.6 Å². The Morgan fingerprint density at radius 1 is 1.47 bits per heavy atom. The number of aryl methyl sites for hydroxylation is 1. The van der Waals surface area contributed by atoms with E-state index in [-0.39, 0.29) is 11.2 Å². The fourth-order valence-electron chi connectivity index (χ4n) is 2.31. The molecule has 0 saturated heterocycles. The largest absolute Gasteiger partial charge is 0.289 e. The topological polar surface area (TPSA) is 17.1 Å². The Hall–Kier alpha value is -1.37. The van der Waals surface area contributed by atoms with Crippen molar-refractivity contribution in [2.75, 3.05) is 0 Å². The molecule has 0 N–H and O–H groups in total. The number of carbonyl (C=O) groups is 1. The molecule has 0 spiro atoms. The molecule has 0 saturated carbocycles. The maximum atomic E-state index is 11.5. The summed E-state index contributed by atoms with van der Waals surface area (Å²) in [6.45, 7) is 8.03. The molecule has 0 radical (unpaired) electrons. The lowest BCUT2D eigenvalue weighted by Gasteiger charge is -2.18. The van der Waals surface area contributed by atoms with Gasteiger partial charge in [-0.3, -0.25) is 4.79 Å². The quantitative estimate of drug-likeness (QED) is 0.529. The van der Waals surface area contributed by atoms with Crippen LogP contribution in [0.3, 0.4) is 0 Å². The van der Waals surface area contributed by atoms with E-state index in [4.69, 9.17) is 0 Å². The summed E-state index contributed by atoms with van der Waals surface area (Å²) in [6, 6.07) is 6.03. The summed E-state index contributed by atoms with van der Waals surface area (Å²) in [5.74, 6) is 0.0162. The highest BCUT2D eigenvalue weighted by atomic mass is 16.1. The number of allylic oxidation sites excluding steroid dienone is 1. The van der Waals surface area contributed by atoms with Crippen molar-refractivity contribution in [1.82, 2.24) is 0 Å². The minimum Gasteiger partial charge on any atom is -0.289 e. The van der Waals surface area contributed by atoms with Gasteiger partial charge in [-0.25, -0.2) is 0 Å². The van der Waals surface area contributed by atoms with Crippen LogP contribution in [0, 0.1) is 0 Å². The van der Waals surface area contributed by atoms with E-state index in [2.05, 4.69) is 26.5 Å². The maximum absolute atomic E-state index is 11.5. The van der Waals surface area contributed by atoms with E-state index in [9.17, 15) is 4.79 Å². The first-order valence-electron chi connectivity index (χ1n) is 5.35. The van der Waals surface area contributed by atoms with E-state index in [0.717, 1.165) is 12.0 Å². The molecule has 1 nitrogen and oxygen atoms in total. The van der Waals surface area contributed by atoms with Crippen molar-refractivity contribution in [1.29, 1.82) is 0 Å². The van der Waals surface area contributed by atoms with Crippen LogP contribution in [0.5, 0.6) is 0 Å². The van der Waals surface area contributed by atoms with Crippen LogP contribution in [0.25, 0.3) is 0 Å². The van der Waals surface area contributed by atoms with Crippen LogP contribution in [0.2, 0.25) is 0 Å². The van der Waals surface area contributed by atoms with Gasteiger partial charge in [0.15, 0.2) is 5.78 Å². The third kappa shape index (κ3) is 1.63. The van der Waals surface area contributed by atoms with Crippen molar-refractivity contribution >= 4 is 5.78 Å². The average molecular weight is 200 g/mol. The second-order valence-electron chi connectivity index (χ2n) is 4.82. The first-order chi connectivity index (χ1) is 7.04. The zero-order valence-corrected chi connectivity index (χ0v) is 9.34. The first kappa shape index (κ1) is 10.2. The molecule has 0 fully saturated rings. The summed E-state index contributed by atoms with van der Waals surface area (Å²) >= 11 is 0. The monoisotopic (exact) mass is 200 g/mol. The highest BCUT2D eigenvalue weighted by Crippen LogP contribution is 2.38. The molecule has 0 unspecified atom stereocenters. The Bertz CT molecular complexity index is 427. The predicted molar refractivity (Wildman–Crippen MR) is 62.3 cm³/mol. The van der Waals surface area contributed by atoms with Gasteiger partial charge in [0.1, 0.15) is 0 Å². The molecule has 0 bridgehead atoms. The van der Waals surface area contributed by atoms with E-state index in [0.29, 0.717) is 0 Å². The van der Waals surface area contributed by atoms with Crippen molar-refractivity contribution < 1.29 is 4.79 Å². The molecule has 0 atom stereocenters. The van der Waals surface area contributed by atoms with Crippen molar-refractivity contribution in [3.8, 4) is 0 Å². The minimum atomic E-state index is 0.0162. The molecule has 15 heavy (non-hydrogen) atoms. The van der Waals surface area contributed by atoms with Gasteiger partial charge < -0.3 is 0 Å². The number of benzene rings is 1. The van der Waals surface area contributed by atoms with Gasteiger partial charge in [0.05, 0.1) is 0 Å². The molecule has 1 aromatic carbocycles. The van der Waals surface area contributed by atoms with Gasteiger partial charge in [0, 0.05) is 5.56 Å². The number of ketones is 1. The molecule has 0 aliphatic heterocycles. The molecule has 1 aliphatic rings. The average Bonchev–Trinajstić information content (AvgIpc) is 2.53. The lowest BCUT2D eigenvalue weighted by molar-refractivity contribution is 0.104. The predicted octanol–water partition coefficient (Wildman–Crippen LogP) is 3.28. The highest BCUT2D eigenvalue weighted by Gasteiger charge is 2.29. The van der Waals surface area contributed by atoms with Gasteiger partial charge in [-0.15, -0.1) is 0 Å². The van der Waals surface area contributed by atoms with E-state index >= 15 is 0 Å². The standard InChI is InChI=1S/C14H16O/c1-4-13(15)11-5-6-12-10(9-11)7-8-14(12,2)3/h4-6,9H,1,7-8H2,2-3H3. The summed E-state index contributed by atoms with van der Waals surface area (Å²) in [4.78, 5) is 11.5. The number of carbonyl (C=O) groups excluding carboxylic acids is 1. The minimum absolute atomic E-state index is 0.0162. The molecule has 0 heterocycles. The summed E-state index contributed by atoms with van der Waals surface area (Å²) in [7, 11) is 0.